The van der Waals surface area contributed by atoms with Crippen molar-refractivity contribution in [3.05, 3.63) is 12.3 Å². The molecule has 7 nitrogen and oxygen atoms in total. The molecule has 2 saturated heterocycles. The second-order valence-electron chi connectivity index (χ2n) is 4.80. The molecule has 2 aliphatic heterocycles. The van der Waals surface area contributed by atoms with Crippen molar-refractivity contribution in [1.82, 2.24) is 14.9 Å². The van der Waals surface area contributed by atoms with E-state index in [0.29, 0.717) is 12.6 Å². The molecule has 3 N–H and O–H groups in total. The number of ether oxygens (including phenoxy) is 2. The van der Waals surface area contributed by atoms with Gasteiger partial charge in [-0.05, 0) is 6.07 Å². The Kier molecular flexibility index (Phi) is 3.77. The monoisotopic (exact) mass is 265 g/mol. The van der Waals surface area contributed by atoms with E-state index in [9.17, 15) is 0 Å². The largest absolute Gasteiger partial charge is 0.379 e. The second kappa shape index (κ2) is 5.68. The molecule has 0 spiro atoms. The number of anilines is 2. The van der Waals surface area contributed by atoms with Crippen LogP contribution < -0.4 is 11.1 Å². The van der Waals surface area contributed by atoms with Gasteiger partial charge in [-0.25, -0.2) is 4.98 Å². The molecule has 0 radical (unpaired) electrons. The summed E-state index contributed by atoms with van der Waals surface area (Å²) in [4.78, 5) is 10.5. The van der Waals surface area contributed by atoms with Crippen LogP contribution in [0.15, 0.2) is 12.3 Å². The number of morpholine rings is 1. The number of rotatable bonds is 3. The van der Waals surface area contributed by atoms with Gasteiger partial charge < -0.3 is 20.5 Å². The van der Waals surface area contributed by atoms with Gasteiger partial charge in [0.05, 0.1) is 38.5 Å². The predicted molar refractivity (Wildman–Crippen MR) is 70.9 cm³/mol. The standard InChI is InChI=1S/C12H19N5O2/c13-12-14-2-1-11(16-12)15-9-7-19-8-10(9)17-3-5-18-6-4-17/h1-2,9-10H,3-8H2,(H3,13,14,15,16). The van der Waals surface area contributed by atoms with Gasteiger partial charge in [0.1, 0.15) is 5.82 Å². The molecule has 1 aromatic rings. The number of nitrogens with one attached hydrogen (secondary N) is 1. The number of nitrogens with two attached hydrogens (primary N) is 1. The maximum Gasteiger partial charge on any atom is 0.221 e. The van der Waals surface area contributed by atoms with Gasteiger partial charge in [-0.15, -0.1) is 0 Å². The Morgan fingerprint density at radius 3 is 2.89 bits per heavy atom. The highest BCUT2D eigenvalue weighted by atomic mass is 16.5. The summed E-state index contributed by atoms with van der Waals surface area (Å²) in [5.41, 5.74) is 5.59. The van der Waals surface area contributed by atoms with E-state index in [-0.39, 0.29) is 12.0 Å². The lowest BCUT2D eigenvalue weighted by Gasteiger charge is -2.34. The number of aromatic nitrogens is 2. The number of nitrogens with zero attached hydrogens (tertiary/aromatic N) is 3. The molecule has 2 fully saturated rings. The second-order valence-corrected chi connectivity index (χ2v) is 4.80. The van der Waals surface area contributed by atoms with Crippen molar-refractivity contribution in [2.24, 2.45) is 0 Å². The predicted octanol–water partition coefficient (Wildman–Crippen LogP) is -0.430. The van der Waals surface area contributed by atoms with E-state index in [0.717, 1.165) is 38.7 Å². The van der Waals surface area contributed by atoms with Crippen molar-refractivity contribution in [2.45, 2.75) is 12.1 Å². The summed E-state index contributed by atoms with van der Waals surface area (Å²) in [6.45, 7) is 4.94. The summed E-state index contributed by atoms with van der Waals surface area (Å²) >= 11 is 0. The van der Waals surface area contributed by atoms with Crippen molar-refractivity contribution in [3.8, 4) is 0 Å². The van der Waals surface area contributed by atoms with E-state index in [1.165, 1.54) is 0 Å². The zero-order chi connectivity index (χ0) is 13.1. The third kappa shape index (κ3) is 2.94. The maximum atomic E-state index is 5.61. The van der Waals surface area contributed by atoms with E-state index >= 15 is 0 Å². The van der Waals surface area contributed by atoms with Gasteiger partial charge in [0.2, 0.25) is 5.95 Å². The summed E-state index contributed by atoms with van der Waals surface area (Å²) in [6.07, 6.45) is 1.66. The molecule has 104 valence electrons. The van der Waals surface area contributed by atoms with Crippen LogP contribution in [0.5, 0.6) is 0 Å². The van der Waals surface area contributed by atoms with Crippen LogP contribution in [-0.2, 0) is 9.47 Å². The zero-order valence-corrected chi connectivity index (χ0v) is 10.8. The van der Waals surface area contributed by atoms with Gasteiger partial charge in [-0.1, -0.05) is 0 Å². The molecule has 7 heteroatoms. The smallest absolute Gasteiger partial charge is 0.221 e. The van der Waals surface area contributed by atoms with Gasteiger partial charge in [-0.2, -0.15) is 4.98 Å². The molecule has 2 aliphatic rings. The molecule has 0 bridgehead atoms. The van der Waals surface area contributed by atoms with E-state index in [4.69, 9.17) is 15.2 Å². The minimum Gasteiger partial charge on any atom is -0.379 e. The van der Waals surface area contributed by atoms with Crippen molar-refractivity contribution >= 4 is 11.8 Å². The summed E-state index contributed by atoms with van der Waals surface area (Å²) in [5, 5.41) is 3.39. The average molecular weight is 265 g/mol. The van der Waals surface area contributed by atoms with E-state index in [1.54, 1.807) is 6.20 Å². The lowest BCUT2D eigenvalue weighted by atomic mass is 10.1. The normalized spacial score (nSPS) is 28.4. The van der Waals surface area contributed by atoms with Crippen LogP contribution in [0.4, 0.5) is 11.8 Å². The summed E-state index contributed by atoms with van der Waals surface area (Å²) in [5.74, 6) is 1.04. The first-order valence-corrected chi connectivity index (χ1v) is 6.57. The lowest BCUT2D eigenvalue weighted by Crippen LogP contribution is -2.50. The average Bonchev–Trinajstić information content (AvgIpc) is 2.88. The highest BCUT2D eigenvalue weighted by Gasteiger charge is 2.34. The van der Waals surface area contributed by atoms with Gasteiger partial charge >= 0.3 is 0 Å². The zero-order valence-electron chi connectivity index (χ0n) is 10.8. The fraction of sp³-hybridized carbons (Fsp3) is 0.667. The van der Waals surface area contributed by atoms with Gasteiger partial charge in [0, 0.05) is 19.3 Å². The third-order valence-electron chi connectivity index (χ3n) is 3.57. The van der Waals surface area contributed by atoms with Crippen LogP contribution in [0.1, 0.15) is 0 Å². The Morgan fingerprint density at radius 1 is 1.26 bits per heavy atom. The molecule has 3 rings (SSSR count). The van der Waals surface area contributed by atoms with Crippen LogP contribution >= 0.6 is 0 Å². The molecule has 0 saturated carbocycles. The molecule has 0 aliphatic carbocycles. The number of hydrogen-bond acceptors (Lipinski definition) is 7. The quantitative estimate of drug-likeness (QED) is 0.767. The molecule has 3 heterocycles. The summed E-state index contributed by atoms with van der Waals surface area (Å²) in [7, 11) is 0. The van der Waals surface area contributed by atoms with E-state index in [2.05, 4.69) is 20.2 Å². The Bertz CT molecular complexity index is 424. The van der Waals surface area contributed by atoms with E-state index in [1.807, 2.05) is 6.07 Å². The topological polar surface area (TPSA) is 85.5 Å². The Balaban J connectivity index is 1.65. The van der Waals surface area contributed by atoms with Crippen LogP contribution in [-0.4, -0.2) is 66.5 Å². The molecule has 0 amide bonds. The molecular weight excluding hydrogens is 246 g/mol. The van der Waals surface area contributed by atoms with Crippen LogP contribution in [0.2, 0.25) is 0 Å². The first-order valence-electron chi connectivity index (χ1n) is 6.57. The minimum absolute atomic E-state index is 0.229. The van der Waals surface area contributed by atoms with Crippen molar-refractivity contribution in [2.75, 3.05) is 50.6 Å². The van der Waals surface area contributed by atoms with Crippen LogP contribution in [0, 0.1) is 0 Å². The molecular formula is C12H19N5O2. The van der Waals surface area contributed by atoms with Crippen LogP contribution in [0.3, 0.4) is 0 Å². The number of nitrogen functional groups attached to an aromatic ring is 1. The van der Waals surface area contributed by atoms with Crippen LogP contribution in [0.25, 0.3) is 0 Å². The van der Waals surface area contributed by atoms with Gasteiger partial charge in [-0.3, -0.25) is 4.90 Å². The fourth-order valence-electron chi connectivity index (χ4n) is 2.59. The van der Waals surface area contributed by atoms with Crippen molar-refractivity contribution < 1.29 is 9.47 Å². The fourth-order valence-corrected chi connectivity index (χ4v) is 2.59. The number of hydrogen-bond donors (Lipinski definition) is 2. The first kappa shape index (κ1) is 12.6. The van der Waals surface area contributed by atoms with E-state index < -0.39 is 0 Å². The van der Waals surface area contributed by atoms with Gasteiger partial charge in [0.15, 0.2) is 0 Å². The third-order valence-corrected chi connectivity index (χ3v) is 3.57. The lowest BCUT2D eigenvalue weighted by molar-refractivity contribution is 0.0130. The van der Waals surface area contributed by atoms with Gasteiger partial charge in [0.25, 0.3) is 0 Å². The molecule has 2 unspecified atom stereocenters. The first-order chi connectivity index (χ1) is 9.33. The Morgan fingerprint density at radius 2 is 2.11 bits per heavy atom. The highest BCUT2D eigenvalue weighted by Crippen LogP contribution is 2.18. The Hall–Kier alpha value is -1.44. The van der Waals surface area contributed by atoms with Crippen molar-refractivity contribution in [1.29, 1.82) is 0 Å². The molecule has 1 aromatic heterocycles. The summed E-state index contributed by atoms with van der Waals surface area (Å²) < 4.78 is 11.0. The minimum atomic E-state index is 0.229. The molecule has 2 atom stereocenters. The molecule has 0 aromatic carbocycles. The SMILES string of the molecule is Nc1nccc(NC2COCC2N2CCOCC2)n1. The van der Waals surface area contributed by atoms with Crippen molar-refractivity contribution in [3.63, 3.8) is 0 Å². The summed E-state index contributed by atoms with van der Waals surface area (Å²) in [6, 6.07) is 2.41. The maximum absolute atomic E-state index is 5.61. The highest BCUT2D eigenvalue weighted by molar-refractivity contribution is 5.39. The molecule has 19 heavy (non-hydrogen) atoms. The Labute approximate surface area is 112 Å².